The van der Waals surface area contributed by atoms with E-state index in [2.05, 4.69) is 59.3 Å². The molecule has 0 saturated heterocycles. The Bertz CT molecular complexity index is 770. The van der Waals surface area contributed by atoms with Crippen LogP contribution in [0.25, 0.3) is 10.9 Å². The molecule has 3 aromatic rings. The van der Waals surface area contributed by atoms with Gasteiger partial charge in [-0.25, -0.2) is 0 Å². The molecule has 0 bridgehead atoms. The molecule has 1 aliphatic carbocycles. The lowest BCUT2D eigenvalue weighted by Crippen LogP contribution is -2.21. The van der Waals surface area contributed by atoms with E-state index < -0.39 is 0 Å². The Hall–Kier alpha value is -2.06. The van der Waals surface area contributed by atoms with E-state index in [0.717, 1.165) is 6.54 Å². The van der Waals surface area contributed by atoms with Crippen LogP contribution in [0, 0.1) is 0 Å². The summed E-state index contributed by atoms with van der Waals surface area (Å²) in [6, 6.07) is 17.5. The molecule has 1 heterocycles. The molecule has 0 spiro atoms. The van der Waals surface area contributed by atoms with Crippen molar-refractivity contribution in [3.05, 3.63) is 71.4 Å². The van der Waals surface area contributed by atoms with Gasteiger partial charge in [0, 0.05) is 30.7 Å². The molecule has 2 heteroatoms. The average Bonchev–Trinajstić information content (AvgIpc) is 2.87. The van der Waals surface area contributed by atoms with E-state index in [9.17, 15) is 0 Å². The molecule has 20 heavy (non-hydrogen) atoms. The number of hydrogen-bond acceptors (Lipinski definition) is 1. The Labute approximate surface area is 118 Å². The minimum Gasteiger partial charge on any atom is -0.347 e. The van der Waals surface area contributed by atoms with Crippen molar-refractivity contribution in [3.8, 4) is 0 Å². The van der Waals surface area contributed by atoms with Crippen LogP contribution >= 0.6 is 0 Å². The van der Waals surface area contributed by atoms with Crippen LogP contribution in [-0.2, 0) is 19.5 Å². The normalized spacial score (nSPS) is 16.9. The van der Waals surface area contributed by atoms with Crippen molar-refractivity contribution in [1.82, 2.24) is 4.57 Å². The molecule has 0 amide bonds. The second-order valence-electron chi connectivity index (χ2n) is 5.67. The number of nitrogens with zero attached hydrogens (tertiary/aromatic N) is 1. The van der Waals surface area contributed by atoms with Crippen LogP contribution in [0.2, 0.25) is 0 Å². The second-order valence-corrected chi connectivity index (χ2v) is 5.67. The lowest BCUT2D eigenvalue weighted by molar-refractivity contribution is 0.518. The number of fused-ring (bicyclic) bond motifs is 2. The van der Waals surface area contributed by atoms with Crippen molar-refractivity contribution >= 4 is 10.9 Å². The van der Waals surface area contributed by atoms with Gasteiger partial charge >= 0.3 is 0 Å². The lowest BCUT2D eigenvalue weighted by atomic mass is 9.77. The Morgan fingerprint density at radius 2 is 2.00 bits per heavy atom. The van der Waals surface area contributed by atoms with E-state index in [4.69, 9.17) is 5.73 Å². The third-order valence-corrected chi connectivity index (χ3v) is 4.45. The summed E-state index contributed by atoms with van der Waals surface area (Å²) in [5, 5.41) is 1.30. The summed E-state index contributed by atoms with van der Waals surface area (Å²) >= 11 is 0. The first-order chi connectivity index (χ1) is 9.85. The van der Waals surface area contributed by atoms with Gasteiger partial charge in [-0.2, -0.15) is 0 Å². The quantitative estimate of drug-likeness (QED) is 0.770. The highest BCUT2D eigenvalue weighted by Gasteiger charge is 2.25. The van der Waals surface area contributed by atoms with Crippen molar-refractivity contribution < 1.29 is 0 Å². The molecular weight excluding hydrogens is 244 g/mol. The van der Waals surface area contributed by atoms with Crippen LogP contribution < -0.4 is 5.73 Å². The van der Waals surface area contributed by atoms with E-state index in [1.165, 1.54) is 34.0 Å². The van der Waals surface area contributed by atoms with Gasteiger partial charge in [0.25, 0.3) is 0 Å². The Morgan fingerprint density at radius 3 is 2.85 bits per heavy atom. The molecule has 0 aliphatic heterocycles. The molecule has 1 aliphatic rings. The fourth-order valence-corrected chi connectivity index (χ4v) is 3.28. The molecule has 100 valence electrons. The van der Waals surface area contributed by atoms with Crippen molar-refractivity contribution in [1.29, 1.82) is 0 Å². The Balaban J connectivity index is 1.67. The summed E-state index contributed by atoms with van der Waals surface area (Å²) < 4.78 is 2.37. The van der Waals surface area contributed by atoms with Crippen LogP contribution in [0.4, 0.5) is 0 Å². The van der Waals surface area contributed by atoms with Gasteiger partial charge in [-0.1, -0.05) is 36.4 Å². The third-order valence-electron chi connectivity index (χ3n) is 4.45. The highest BCUT2D eigenvalue weighted by Crippen LogP contribution is 2.36. The van der Waals surface area contributed by atoms with Gasteiger partial charge in [-0.3, -0.25) is 0 Å². The molecular formula is C18H18N2. The molecule has 1 aromatic heterocycles. The fraction of sp³-hybridized carbons (Fsp3) is 0.222. The number of hydrogen-bond donors (Lipinski definition) is 1. The first-order valence-electron chi connectivity index (χ1n) is 7.21. The maximum Gasteiger partial charge on any atom is 0.0483 e. The molecule has 2 N–H and O–H groups in total. The molecule has 0 saturated carbocycles. The van der Waals surface area contributed by atoms with Crippen molar-refractivity contribution in [2.45, 2.75) is 25.4 Å². The predicted octanol–water partition coefficient (Wildman–Crippen LogP) is 3.44. The summed E-state index contributed by atoms with van der Waals surface area (Å²) in [5.41, 5.74) is 11.3. The standard InChI is InChI=1S/C18H18N2/c19-11-13-5-6-14-7-8-20(18(14)9-13)12-16-10-15-3-1-2-4-17(15)16/h1-9,16H,10-12,19H2. The first-order valence-corrected chi connectivity index (χ1v) is 7.21. The zero-order valence-corrected chi connectivity index (χ0v) is 11.4. The number of nitrogens with two attached hydrogens (primary N) is 1. The Kier molecular flexibility index (Phi) is 2.64. The van der Waals surface area contributed by atoms with Crippen LogP contribution in [0.15, 0.2) is 54.7 Å². The van der Waals surface area contributed by atoms with E-state index >= 15 is 0 Å². The highest BCUT2D eigenvalue weighted by atomic mass is 15.0. The van der Waals surface area contributed by atoms with Crippen LogP contribution in [0.5, 0.6) is 0 Å². The SMILES string of the molecule is NCc1ccc2ccn(CC3Cc4ccccc43)c2c1. The van der Waals surface area contributed by atoms with Gasteiger partial charge < -0.3 is 10.3 Å². The summed E-state index contributed by atoms with van der Waals surface area (Å²) in [4.78, 5) is 0. The zero-order valence-electron chi connectivity index (χ0n) is 11.4. The molecule has 2 nitrogen and oxygen atoms in total. The van der Waals surface area contributed by atoms with Crippen LogP contribution in [-0.4, -0.2) is 4.57 Å². The van der Waals surface area contributed by atoms with E-state index in [1.54, 1.807) is 0 Å². The molecule has 1 unspecified atom stereocenters. The molecule has 0 fully saturated rings. The largest absolute Gasteiger partial charge is 0.347 e. The van der Waals surface area contributed by atoms with Gasteiger partial charge in [0.05, 0.1) is 0 Å². The van der Waals surface area contributed by atoms with Crippen molar-refractivity contribution in [2.75, 3.05) is 0 Å². The van der Waals surface area contributed by atoms with Crippen LogP contribution in [0.3, 0.4) is 0 Å². The van der Waals surface area contributed by atoms with Gasteiger partial charge in [-0.05, 0) is 40.6 Å². The number of benzene rings is 2. The van der Waals surface area contributed by atoms with E-state index in [0.29, 0.717) is 12.5 Å². The maximum absolute atomic E-state index is 5.75. The van der Waals surface area contributed by atoms with E-state index in [-0.39, 0.29) is 0 Å². The average molecular weight is 262 g/mol. The molecule has 0 radical (unpaired) electrons. The van der Waals surface area contributed by atoms with Crippen molar-refractivity contribution in [2.24, 2.45) is 5.73 Å². The topological polar surface area (TPSA) is 30.9 Å². The molecule has 1 atom stereocenters. The summed E-state index contributed by atoms with van der Waals surface area (Å²) in [5.74, 6) is 0.656. The maximum atomic E-state index is 5.75. The first kappa shape index (κ1) is 11.7. The molecule has 2 aromatic carbocycles. The van der Waals surface area contributed by atoms with Crippen LogP contribution in [0.1, 0.15) is 22.6 Å². The summed E-state index contributed by atoms with van der Waals surface area (Å²) in [6.07, 6.45) is 3.40. The Morgan fingerprint density at radius 1 is 1.10 bits per heavy atom. The second kappa shape index (κ2) is 4.50. The monoisotopic (exact) mass is 262 g/mol. The number of rotatable bonds is 3. The zero-order chi connectivity index (χ0) is 13.5. The van der Waals surface area contributed by atoms with Crippen molar-refractivity contribution in [3.63, 3.8) is 0 Å². The fourth-order valence-electron chi connectivity index (χ4n) is 3.28. The smallest absolute Gasteiger partial charge is 0.0483 e. The van der Waals surface area contributed by atoms with Gasteiger partial charge in [0.2, 0.25) is 0 Å². The van der Waals surface area contributed by atoms with E-state index in [1.807, 2.05) is 0 Å². The molecule has 4 rings (SSSR count). The highest BCUT2D eigenvalue weighted by molar-refractivity contribution is 5.80. The minimum absolute atomic E-state index is 0.605. The lowest BCUT2D eigenvalue weighted by Gasteiger charge is -2.30. The number of aromatic nitrogens is 1. The third kappa shape index (κ3) is 1.76. The minimum atomic E-state index is 0.605. The summed E-state index contributed by atoms with van der Waals surface area (Å²) in [6.45, 7) is 1.67. The predicted molar refractivity (Wildman–Crippen MR) is 82.7 cm³/mol. The van der Waals surface area contributed by atoms with Gasteiger partial charge in [0.15, 0.2) is 0 Å². The van der Waals surface area contributed by atoms with Gasteiger partial charge in [0.1, 0.15) is 0 Å². The van der Waals surface area contributed by atoms with Gasteiger partial charge in [-0.15, -0.1) is 0 Å². The summed E-state index contributed by atoms with van der Waals surface area (Å²) in [7, 11) is 0.